The zero-order chi connectivity index (χ0) is 30.7. The number of hydrogen-bond acceptors (Lipinski definition) is 5. The number of piperidine rings is 1. The maximum Gasteiger partial charge on any atom is 0.258 e. The van der Waals surface area contributed by atoms with Gasteiger partial charge in [0.2, 0.25) is 0 Å². The van der Waals surface area contributed by atoms with Crippen molar-refractivity contribution in [3.63, 3.8) is 0 Å². The second kappa shape index (κ2) is 12.7. The smallest absolute Gasteiger partial charge is 0.258 e. The van der Waals surface area contributed by atoms with Gasteiger partial charge in [-0.25, -0.2) is 0 Å². The van der Waals surface area contributed by atoms with Gasteiger partial charge >= 0.3 is 0 Å². The van der Waals surface area contributed by atoms with Gasteiger partial charge in [0.05, 0.1) is 24.0 Å². The Morgan fingerprint density at radius 2 is 1.84 bits per heavy atom. The Morgan fingerprint density at radius 3 is 2.61 bits per heavy atom. The number of ketones is 1. The lowest BCUT2D eigenvalue weighted by Crippen LogP contribution is -2.33. The summed E-state index contributed by atoms with van der Waals surface area (Å²) in [5.41, 5.74) is 5.74. The first-order chi connectivity index (χ1) is 21.2. The number of amides is 1. The number of aromatic nitrogens is 3. The Morgan fingerprint density at radius 1 is 1.05 bits per heavy atom. The number of Topliss-reactive ketones (excluding diaryl/α,β-unsaturated/α-hetero) is 1. The predicted molar refractivity (Wildman–Crippen MR) is 174 cm³/mol. The molecule has 2 aromatic carbocycles. The number of carbonyl (C=O) groups is 2. The molecule has 2 aliphatic rings. The summed E-state index contributed by atoms with van der Waals surface area (Å²) in [7, 11) is 0. The van der Waals surface area contributed by atoms with Crippen LogP contribution in [0.5, 0.6) is 5.75 Å². The third-order valence-electron chi connectivity index (χ3n) is 8.43. The molecule has 1 aliphatic carbocycles. The highest BCUT2D eigenvalue weighted by atomic mass is 16.5. The van der Waals surface area contributed by atoms with Gasteiger partial charge < -0.3 is 15.0 Å². The first-order valence-electron chi connectivity index (χ1n) is 15.6. The van der Waals surface area contributed by atoms with Crippen LogP contribution >= 0.6 is 0 Å². The van der Waals surface area contributed by atoms with Crippen molar-refractivity contribution in [3.05, 3.63) is 101 Å². The highest BCUT2D eigenvalue weighted by molar-refractivity contribution is 6.23. The molecule has 3 heterocycles. The van der Waals surface area contributed by atoms with Gasteiger partial charge in [-0.2, -0.15) is 5.10 Å². The third kappa shape index (κ3) is 7.03. The fraction of sp³-hybridized carbons (Fsp3) is 0.361. The average Bonchev–Trinajstić information content (AvgIpc) is 3.66. The molecule has 0 unspecified atom stereocenters. The number of likely N-dealkylation sites (tertiary alicyclic amines) is 1. The molecule has 8 heteroatoms. The molecule has 44 heavy (non-hydrogen) atoms. The van der Waals surface area contributed by atoms with Gasteiger partial charge in [0.1, 0.15) is 12.4 Å². The van der Waals surface area contributed by atoms with Gasteiger partial charge in [-0.3, -0.25) is 19.2 Å². The summed E-state index contributed by atoms with van der Waals surface area (Å²) in [5.74, 6) is 0.552. The van der Waals surface area contributed by atoms with E-state index in [0.717, 1.165) is 47.5 Å². The van der Waals surface area contributed by atoms with Crippen LogP contribution < -0.4 is 10.1 Å². The van der Waals surface area contributed by atoms with Crippen LogP contribution in [-0.4, -0.2) is 57.6 Å². The molecule has 6 rings (SSSR count). The Balaban J connectivity index is 1.08. The van der Waals surface area contributed by atoms with Gasteiger partial charge in [-0.1, -0.05) is 57.5 Å². The molecule has 1 amide bonds. The molecule has 0 spiro atoms. The van der Waals surface area contributed by atoms with Crippen molar-refractivity contribution < 1.29 is 14.3 Å². The monoisotopic (exact) mass is 591 g/mol. The SMILES string of the molecule is CC(C)(C)c1ccc(Cn2cc(C(=O)NC3=CCC(=O)C(c4cc5cc(OCCN6CCCCC6)ccc5[nH]4)=C3)cn2)cc1. The summed E-state index contributed by atoms with van der Waals surface area (Å²) in [5, 5.41) is 8.32. The maximum atomic E-state index is 13.1. The molecule has 0 atom stereocenters. The van der Waals surface area contributed by atoms with E-state index in [4.69, 9.17) is 4.74 Å². The van der Waals surface area contributed by atoms with E-state index in [1.807, 2.05) is 24.3 Å². The van der Waals surface area contributed by atoms with Crippen LogP contribution in [0.2, 0.25) is 0 Å². The average molecular weight is 592 g/mol. The quantitative estimate of drug-likeness (QED) is 0.240. The molecule has 2 aromatic heterocycles. The van der Waals surface area contributed by atoms with E-state index in [1.165, 1.54) is 24.8 Å². The van der Waals surface area contributed by atoms with Crippen LogP contribution in [0.4, 0.5) is 0 Å². The number of H-pyrrole nitrogens is 1. The second-order valence-electron chi connectivity index (χ2n) is 12.9. The van der Waals surface area contributed by atoms with Gasteiger partial charge in [-0.05, 0) is 72.8 Å². The summed E-state index contributed by atoms with van der Waals surface area (Å²) in [6, 6.07) is 16.4. The number of carbonyl (C=O) groups excluding carboxylic acids is 2. The fourth-order valence-corrected chi connectivity index (χ4v) is 5.81. The van der Waals surface area contributed by atoms with Gasteiger partial charge in [0, 0.05) is 41.3 Å². The van der Waals surface area contributed by atoms with Crippen molar-refractivity contribution in [1.29, 1.82) is 0 Å². The minimum absolute atomic E-state index is 0.00198. The van der Waals surface area contributed by atoms with Crippen molar-refractivity contribution >= 4 is 28.2 Å². The van der Waals surface area contributed by atoms with Crippen LogP contribution in [0.15, 0.2) is 78.8 Å². The lowest BCUT2D eigenvalue weighted by Gasteiger charge is -2.26. The summed E-state index contributed by atoms with van der Waals surface area (Å²) < 4.78 is 7.81. The van der Waals surface area contributed by atoms with E-state index in [0.29, 0.717) is 30.0 Å². The lowest BCUT2D eigenvalue weighted by molar-refractivity contribution is -0.113. The zero-order valence-electron chi connectivity index (χ0n) is 25.9. The van der Waals surface area contributed by atoms with Crippen molar-refractivity contribution in [2.24, 2.45) is 0 Å². The topological polar surface area (TPSA) is 92.2 Å². The molecule has 228 valence electrons. The minimum atomic E-state index is -0.265. The molecular weight excluding hydrogens is 550 g/mol. The first kappa shape index (κ1) is 29.6. The zero-order valence-corrected chi connectivity index (χ0v) is 25.9. The predicted octanol–water partition coefficient (Wildman–Crippen LogP) is 6.25. The van der Waals surface area contributed by atoms with Crippen LogP contribution in [0.3, 0.4) is 0 Å². The maximum absolute atomic E-state index is 13.1. The van der Waals surface area contributed by atoms with Gasteiger partial charge in [0.15, 0.2) is 5.78 Å². The van der Waals surface area contributed by atoms with E-state index in [1.54, 1.807) is 29.2 Å². The first-order valence-corrected chi connectivity index (χ1v) is 15.6. The molecule has 2 N–H and O–H groups in total. The van der Waals surface area contributed by atoms with E-state index in [9.17, 15) is 9.59 Å². The highest BCUT2D eigenvalue weighted by Gasteiger charge is 2.20. The molecule has 1 aliphatic heterocycles. The van der Waals surface area contributed by atoms with Crippen molar-refractivity contribution in [3.8, 4) is 5.75 Å². The molecule has 1 saturated heterocycles. The molecule has 1 fully saturated rings. The normalized spacial score (nSPS) is 16.1. The molecular formula is C36H41N5O3. The van der Waals surface area contributed by atoms with E-state index < -0.39 is 0 Å². The second-order valence-corrected chi connectivity index (χ2v) is 12.9. The Labute approximate surface area is 258 Å². The van der Waals surface area contributed by atoms with E-state index in [2.05, 4.69) is 65.3 Å². The van der Waals surface area contributed by atoms with Crippen LogP contribution in [0.1, 0.15) is 73.6 Å². The molecule has 4 aromatic rings. The fourth-order valence-electron chi connectivity index (χ4n) is 5.81. The summed E-state index contributed by atoms with van der Waals surface area (Å²) >= 11 is 0. The number of ether oxygens (including phenoxy) is 1. The number of nitrogens with zero attached hydrogens (tertiary/aromatic N) is 3. The number of allylic oxidation sites excluding steroid dienone is 3. The van der Waals surface area contributed by atoms with Crippen molar-refractivity contribution in [2.45, 2.75) is 58.4 Å². The van der Waals surface area contributed by atoms with Crippen LogP contribution in [0.25, 0.3) is 16.5 Å². The number of nitrogens with one attached hydrogen (secondary N) is 2. The van der Waals surface area contributed by atoms with Crippen LogP contribution in [0, 0.1) is 0 Å². The minimum Gasteiger partial charge on any atom is -0.492 e. The number of rotatable bonds is 9. The lowest BCUT2D eigenvalue weighted by atomic mass is 9.87. The Bertz CT molecular complexity index is 1710. The Hall–Kier alpha value is -4.43. The molecule has 0 radical (unpaired) electrons. The van der Waals surface area contributed by atoms with Gasteiger partial charge in [0.25, 0.3) is 5.91 Å². The summed E-state index contributed by atoms with van der Waals surface area (Å²) in [6.07, 6.45) is 10.9. The van der Waals surface area contributed by atoms with E-state index >= 15 is 0 Å². The van der Waals surface area contributed by atoms with Gasteiger partial charge in [-0.15, -0.1) is 0 Å². The highest BCUT2D eigenvalue weighted by Crippen LogP contribution is 2.28. The summed E-state index contributed by atoms with van der Waals surface area (Å²) in [6.45, 7) is 11.1. The summed E-state index contributed by atoms with van der Waals surface area (Å²) in [4.78, 5) is 31.8. The van der Waals surface area contributed by atoms with Crippen molar-refractivity contribution in [2.75, 3.05) is 26.2 Å². The standard InChI is InChI=1S/C36H41N5O3/c1-36(2,3)28-9-7-25(8-10-28)23-41-24-27(22-37-41)35(43)38-29-11-14-34(42)31(21-29)33-20-26-19-30(12-13-32(26)39-33)44-18-17-40-15-5-4-6-16-40/h7-13,19-22,24,39H,4-6,14-18,23H2,1-3H3,(H,38,43). The Kier molecular flexibility index (Phi) is 8.53. The number of hydrogen-bond donors (Lipinski definition) is 2. The molecule has 8 nitrogen and oxygen atoms in total. The number of fused-ring (bicyclic) bond motifs is 1. The largest absolute Gasteiger partial charge is 0.492 e. The molecule has 0 saturated carbocycles. The number of aromatic amines is 1. The van der Waals surface area contributed by atoms with Crippen molar-refractivity contribution in [1.82, 2.24) is 25.0 Å². The third-order valence-corrected chi connectivity index (χ3v) is 8.43. The number of benzene rings is 2. The van der Waals surface area contributed by atoms with Crippen LogP contribution in [-0.2, 0) is 16.8 Å². The van der Waals surface area contributed by atoms with E-state index in [-0.39, 0.29) is 23.5 Å². The molecule has 0 bridgehead atoms.